The van der Waals surface area contributed by atoms with E-state index in [0.717, 1.165) is 5.92 Å². The average molecular weight is 427 g/mol. The van der Waals surface area contributed by atoms with Gasteiger partial charge in [0.15, 0.2) is 5.96 Å². The van der Waals surface area contributed by atoms with E-state index in [1.54, 1.807) is 0 Å². The van der Waals surface area contributed by atoms with Gasteiger partial charge < -0.3 is 26.5 Å². The van der Waals surface area contributed by atoms with Crippen LogP contribution in [0.1, 0.15) is 81.1 Å². The van der Waals surface area contributed by atoms with E-state index < -0.39 is 6.23 Å². The Morgan fingerprint density at radius 1 is 1.16 bits per heavy atom. The Bertz CT molecular complexity index is 753. The molecule has 0 aromatic heterocycles. The predicted octanol–water partition coefficient (Wildman–Crippen LogP) is 2.59. The number of hydrogen-bond acceptors (Lipinski definition) is 4. The summed E-state index contributed by atoms with van der Waals surface area (Å²) < 4.78 is 5.12. The number of benzene rings is 1. The molecule has 1 radical (unpaired) electrons. The molecular formula is C23H36BN4O3. The zero-order valence-corrected chi connectivity index (χ0v) is 18.8. The maximum Gasteiger partial charge on any atom is 0.486 e. The fourth-order valence-corrected chi connectivity index (χ4v) is 5.45. The van der Waals surface area contributed by atoms with Gasteiger partial charge >= 0.3 is 7.69 Å². The first kappa shape index (κ1) is 23.6. The van der Waals surface area contributed by atoms with E-state index >= 15 is 0 Å². The number of nitrogens with one attached hydrogen (secondary N) is 1. The van der Waals surface area contributed by atoms with Gasteiger partial charge in [-0.25, -0.2) is 0 Å². The lowest BCUT2D eigenvalue weighted by atomic mass is 9.49. The van der Waals surface area contributed by atoms with Crippen molar-refractivity contribution in [3.8, 4) is 0 Å². The van der Waals surface area contributed by atoms with E-state index in [0.29, 0.717) is 38.0 Å². The molecule has 1 aromatic carbocycles. The second-order valence-corrected chi connectivity index (χ2v) is 9.53. The summed E-state index contributed by atoms with van der Waals surface area (Å²) in [5.74, 6) is 0.548. The minimum Gasteiger partial charge on any atom is -0.429 e. The highest BCUT2D eigenvalue weighted by atomic mass is 16.5. The number of rotatable bonds is 10. The molecular weight excluding hydrogens is 391 g/mol. The molecule has 1 atom stereocenters. The molecule has 3 saturated carbocycles. The molecule has 0 spiro atoms. The first-order valence-electron chi connectivity index (χ1n) is 11.4. The molecule has 169 valence electrons. The minimum absolute atomic E-state index is 0.0283. The minimum atomic E-state index is -0.647. The molecule has 31 heavy (non-hydrogen) atoms. The van der Waals surface area contributed by atoms with Crippen molar-refractivity contribution < 1.29 is 14.5 Å². The summed E-state index contributed by atoms with van der Waals surface area (Å²) in [7, 11) is 0.594. The fraction of sp³-hybridized carbons (Fsp3) is 0.652. The van der Waals surface area contributed by atoms with Crippen LogP contribution in [-0.4, -0.2) is 37.3 Å². The van der Waals surface area contributed by atoms with Gasteiger partial charge in [0, 0.05) is 12.1 Å². The summed E-state index contributed by atoms with van der Waals surface area (Å²) in [5, 5.41) is 11.8. The van der Waals surface area contributed by atoms with Crippen LogP contribution in [0.15, 0.2) is 29.3 Å². The number of nitrogens with two attached hydrogens (primary N) is 2. The summed E-state index contributed by atoms with van der Waals surface area (Å²) in [5.41, 5.74) is 13.4. The van der Waals surface area contributed by atoms with Gasteiger partial charge in [0.2, 0.25) is 0 Å². The number of aliphatic imine (C=N–C) groups is 1. The highest BCUT2D eigenvalue weighted by Crippen LogP contribution is 2.60. The maximum atomic E-state index is 12.7. The molecule has 3 aliphatic rings. The first-order chi connectivity index (χ1) is 14.8. The molecule has 0 heterocycles. The number of hydrogen-bond donors (Lipinski definition) is 4. The number of nitrogens with zero attached hydrogens (tertiary/aromatic N) is 1. The zero-order chi connectivity index (χ0) is 22.5. The molecule has 2 bridgehead atoms. The van der Waals surface area contributed by atoms with E-state index in [1.165, 1.54) is 44.1 Å². The fourth-order valence-electron chi connectivity index (χ4n) is 5.45. The van der Waals surface area contributed by atoms with Crippen molar-refractivity contribution in [1.82, 2.24) is 5.32 Å². The number of fused-ring (bicyclic) bond motifs is 3. The standard InChI is InChI=1S/C23H36BN4O3/c1-16(2)22-9-12-23(13-10-22,14-11-22)18-7-5-17(6-8-18)20(29)28-19(31-24-30)4-3-15-27-21(25)26/h5-8,16,19,30H,3-4,9-15H2,1-2H3,(H,28,29)(H4,25,26,27)/t19-,22?,23?/m1/s1. The first-order valence-corrected chi connectivity index (χ1v) is 11.4. The zero-order valence-electron chi connectivity index (χ0n) is 18.8. The Hall–Kier alpha value is -2.06. The summed E-state index contributed by atoms with van der Waals surface area (Å²) in [6.07, 6.45) is 8.09. The van der Waals surface area contributed by atoms with Gasteiger partial charge in [0.05, 0.1) is 0 Å². The molecule has 6 N–H and O–H groups in total. The van der Waals surface area contributed by atoms with Gasteiger partial charge in [-0.3, -0.25) is 9.79 Å². The Balaban J connectivity index is 1.59. The lowest BCUT2D eigenvalue weighted by Gasteiger charge is -2.56. The van der Waals surface area contributed by atoms with Gasteiger partial charge in [-0.2, -0.15) is 0 Å². The van der Waals surface area contributed by atoms with E-state index in [-0.39, 0.29) is 17.3 Å². The van der Waals surface area contributed by atoms with E-state index in [1.807, 2.05) is 12.1 Å². The Morgan fingerprint density at radius 3 is 2.29 bits per heavy atom. The predicted molar refractivity (Wildman–Crippen MR) is 123 cm³/mol. The van der Waals surface area contributed by atoms with Crippen LogP contribution in [0.4, 0.5) is 0 Å². The third kappa shape index (κ3) is 5.41. The number of carbonyl (C=O) groups excluding carboxylic acids is 1. The molecule has 4 rings (SSSR count). The van der Waals surface area contributed by atoms with E-state index in [4.69, 9.17) is 21.1 Å². The lowest BCUT2D eigenvalue weighted by molar-refractivity contribution is 0.00186. The smallest absolute Gasteiger partial charge is 0.429 e. The van der Waals surface area contributed by atoms with Crippen LogP contribution < -0.4 is 16.8 Å². The highest BCUT2D eigenvalue weighted by Gasteiger charge is 2.50. The van der Waals surface area contributed by atoms with Crippen LogP contribution in [-0.2, 0) is 10.1 Å². The van der Waals surface area contributed by atoms with Gasteiger partial charge in [0.1, 0.15) is 6.23 Å². The van der Waals surface area contributed by atoms with Gasteiger partial charge in [-0.15, -0.1) is 0 Å². The third-order valence-corrected chi connectivity index (χ3v) is 7.72. The normalized spacial score (nSPS) is 25.8. The van der Waals surface area contributed by atoms with Crippen molar-refractivity contribution in [2.45, 2.75) is 76.9 Å². The van der Waals surface area contributed by atoms with Crippen LogP contribution in [0.25, 0.3) is 0 Å². The van der Waals surface area contributed by atoms with Crippen molar-refractivity contribution >= 4 is 19.6 Å². The third-order valence-electron chi connectivity index (χ3n) is 7.72. The molecule has 1 amide bonds. The number of amides is 1. The van der Waals surface area contributed by atoms with E-state index in [9.17, 15) is 4.79 Å². The van der Waals surface area contributed by atoms with Gasteiger partial charge in [-0.05, 0) is 85.8 Å². The Morgan fingerprint density at radius 2 is 1.77 bits per heavy atom. The summed E-state index contributed by atoms with van der Waals surface area (Å²) in [6.45, 7) is 5.18. The van der Waals surface area contributed by atoms with Gasteiger partial charge in [0.25, 0.3) is 5.91 Å². The molecule has 7 nitrogen and oxygen atoms in total. The number of guanidine groups is 1. The monoisotopic (exact) mass is 427 g/mol. The maximum absolute atomic E-state index is 12.7. The molecule has 3 fully saturated rings. The van der Waals surface area contributed by atoms with E-state index in [2.05, 4.69) is 36.3 Å². The van der Waals surface area contributed by atoms with Crippen molar-refractivity contribution in [2.75, 3.05) is 6.54 Å². The van der Waals surface area contributed by atoms with Crippen LogP contribution in [0, 0.1) is 11.3 Å². The average Bonchev–Trinajstić information content (AvgIpc) is 2.78. The van der Waals surface area contributed by atoms with Crippen LogP contribution >= 0.6 is 0 Å². The number of carbonyl (C=O) groups is 1. The molecule has 1 aromatic rings. The van der Waals surface area contributed by atoms with Crippen LogP contribution in [0.2, 0.25) is 0 Å². The quantitative estimate of drug-likeness (QED) is 0.150. The summed E-state index contributed by atoms with van der Waals surface area (Å²) in [6, 6.07) is 8.04. The molecule has 8 heteroatoms. The second kappa shape index (κ2) is 10.0. The van der Waals surface area contributed by atoms with Crippen molar-refractivity contribution in [1.29, 1.82) is 0 Å². The molecule has 3 aliphatic carbocycles. The Kier molecular flexibility index (Phi) is 7.65. The van der Waals surface area contributed by atoms with Crippen LogP contribution in [0.3, 0.4) is 0 Å². The van der Waals surface area contributed by atoms with Crippen LogP contribution in [0.5, 0.6) is 0 Å². The summed E-state index contributed by atoms with van der Waals surface area (Å²) >= 11 is 0. The molecule has 0 aliphatic heterocycles. The molecule has 0 saturated heterocycles. The second-order valence-electron chi connectivity index (χ2n) is 9.53. The topological polar surface area (TPSA) is 123 Å². The Labute approximate surface area is 186 Å². The highest BCUT2D eigenvalue weighted by molar-refractivity contribution is 6.16. The van der Waals surface area contributed by atoms with Crippen molar-refractivity contribution in [3.63, 3.8) is 0 Å². The van der Waals surface area contributed by atoms with Gasteiger partial charge in [-0.1, -0.05) is 26.0 Å². The summed E-state index contributed by atoms with van der Waals surface area (Å²) in [4.78, 5) is 16.6. The van der Waals surface area contributed by atoms with Crippen molar-refractivity contribution in [3.05, 3.63) is 35.4 Å². The SMILES string of the molecule is CC(C)C12CCC(c3ccc(C(=O)N[C@@H](CCCN=C(N)N)O[B]O)cc3)(CC1)CC2. The largest absolute Gasteiger partial charge is 0.486 e. The van der Waals surface area contributed by atoms with Crippen molar-refractivity contribution in [2.24, 2.45) is 27.8 Å². The molecule has 0 unspecified atom stereocenters. The lowest BCUT2D eigenvalue weighted by Crippen LogP contribution is -2.46.